The van der Waals surface area contributed by atoms with Gasteiger partial charge in [-0.3, -0.25) is 4.72 Å². The molecule has 22 heavy (non-hydrogen) atoms. The molecule has 0 fully saturated rings. The van der Waals surface area contributed by atoms with Crippen LogP contribution < -0.4 is 4.72 Å². The summed E-state index contributed by atoms with van der Waals surface area (Å²) in [7, 11) is -3.75. The zero-order valence-corrected chi connectivity index (χ0v) is 13.2. The lowest BCUT2D eigenvalue weighted by atomic mass is 9.95. The van der Waals surface area contributed by atoms with Gasteiger partial charge in [0.15, 0.2) is 0 Å². The molecule has 0 aromatic heterocycles. The number of benzene rings is 2. The third-order valence-corrected chi connectivity index (χ3v) is 4.69. The number of aryl methyl sites for hydroxylation is 1. The molecule has 4 nitrogen and oxygen atoms in total. The van der Waals surface area contributed by atoms with Gasteiger partial charge in [-0.25, -0.2) is 8.42 Å². The van der Waals surface area contributed by atoms with Crippen molar-refractivity contribution in [2.45, 2.75) is 24.3 Å². The fraction of sp³-hybridized carbons (Fsp3) is 0.176. The second kappa shape index (κ2) is 5.84. The molecule has 0 aliphatic rings. The van der Waals surface area contributed by atoms with Crippen molar-refractivity contribution in [2.24, 2.45) is 0 Å². The standard InChI is InChI=1S/C17H17NO3S/c1-4-17(3,19)15-7-5-6-8-16(15)18-22(20,21)14-11-9-13(2)10-12-14/h1,5-12,18-19H,2-3H3. The van der Waals surface area contributed by atoms with Crippen molar-refractivity contribution in [3.63, 3.8) is 0 Å². The highest BCUT2D eigenvalue weighted by Gasteiger charge is 2.25. The first kappa shape index (κ1) is 16.1. The van der Waals surface area contributed by atoms with Gasteiger partial charge in [0.05, 0.1) is 10.6 Å². The molecule has 2 aromatic rings. The van der Waals surface area contributed by atoms with Crippen molar-refractivity contribution in [3.8, 4) is 12.3 Å². The van der Waals surface area contributed by atoms with Crippen molar-refractivity contribution >= 4 is 15.7 Å². The van der Waals surface area contributed by atoms with Crippen LogP contribution in [0.4, 0.5) is 5.69 Å². The number of aliphatic hydroxyl groups is 1. The Hall–Kier alpha value is -2.29. The molecule has 0 spiro atoms. The van der Waals surface area contributed by atoms with Gasteiger partial charge in [0.25, 0.3) is 10.0 Å². The first-order chi connectivity index (χ1) is 10.3. The van der Waals surface area contributed by atoms with Crippen molar-refractivity contribution in [3.05, 3.63) is 59.7 Å². The summed E-state index contributed by atoms with van der Waals surface area (Å²) in [5.74, 6) is 2.25. The summed E-state index contributed by atoms with van der Waals surface area (Å²) in [6, 6.07) is 13.0. The van der Waals surface area contributed by atoms with E-state index in [2.05, 4.69) is 10.6 Å². The molecule has 0 radical (unpaired) electrons. The number of terminal acetylenes is 1. The van der Waals surface area contributed by atoms with Crippen LogP contribution in [0.15, 0.2) is 53.4 Å². The molecule has 0 aliphatic heterocycles. The monoisotopic (exact) mass is 315 g/mol. The van der Waals surface area contributed by atoms with E-state index in [1.165, 1.54) is 19.1 Å². The molecular weight excluding hydrogens is 298 g/mol. The maximum Gasteiger partial charge on any atom is 0.261 e. The van der Waals surface area contributed by atoms with Crippen LogP contribution in [0.3, 0.4) is 0 Å². The zero-order valence-electron chi connectivity index (χ0n) is 12.4. The molecule has 2 aromatic carbocycles. The lowest BCUT2D eigenvalue weighted by molar-refractivity contribution is 0.123. The molecule has 0 bridgehead atoms. The maximum atomic E-state index is 12.4. The number of anilines is 1. The topological polar surface area (TPSA) is 66.4 Å². The molecule has 1 atom stereocenters. The smallest absolute Gasteiger partial charge is 0.261 e. The summed E-state index contributed by atoms with van der Waals surface area (Å²) in [4.78, 5) is 0.147. The van der Waals surface area contributed by atoms with E-state index >= 15 is 0 Å². The van der Waals surface area contributed by atoms with Gasteiger partial charge in [-0.1, -0.05) is 41.8 Å². The van der Waals surface area contributed by atoms with Crippen LogP contribution in [-0.4, -0.2) is 13.5 Å². The highest BCUT2D eigenvalue weighted by molar-refractivity contribution is 7.92. The van der Waals surface area contributed by atoms with Crippen molar-refractivity contribution < 1.29 is 13.5 Å². The quantitative estimate of drug-likeness (QED) is 0.852. The van der Waals surface area contributed by atoms with Gasteiger partial charge >= 0.3 is 0 Å². The highest BCUT2D eigenvalue weighted by atomic mass is 32.2. The van der Waals surface area contributed by atoms with Gasteiger partial charge in [0, 0.05) is 5.56 Å². The zero-order chi connectivity index (χ0) is 16.4. The van der Waals surface area contributed by atoms with Gasteiger partial charge in [-0.05, 0) is 32.0 Å². The van der Waals surface area contributed by atoms with Crippen molar-refractivity contribution in [1.82, 2.24) is 0 Å². The van der Waals surface area contributed by atoms with Crippen LogP contribution in [-0.2, 0) is 15.6 Å². The Bertz CT molecular complexity index is 816. The predicted octanol–water partition coefficient (Wildman–Crippen LogP) is 2.64. The summed E-state index contributed by atoms with van der Waals surface area (Å²) in [6.07, 6.45) is 5.32. The normalized spacial score (nSPS) is 13.9. The molecule has 0 saturated heterocycles. The van der Waals surface area contributed by atoms with Gasteiger partial charge in [0.2, 0.25) is 0 Å². The summed E-state index contributed by atoms with van der Waals surface area (Å²) in [5.41, 5.74) is -0.0133. The second-order valence-electron chi connectivity index (χ2n) is 5.18. The fourth-order valence-corrected chi connectivity index (χ4v) is 3.08. The van der Waals surface area contributed by atoms with Crippen LogP contribution in [0.5, 0.6) is 0 Å². The summed E-state index contributed by atoms with van der Waals surface area (Å²) >= 11 is 0. The van der Waals surface area contributed by atoms with E-state index in [-0.39, 0.29) is 10.6 Å². The number of hydrogen-bond acceptors (Lipinski definition) is 3. The van der Waals surface area contributed by atoms with E-state index in [0.29, 0.717) is 5.56 Å². The van der Waals surface area contributed by atoms with Crippen LogP contribution >= 0.6 is 0 Å². The molecule has 5 heteroatoms. The third-order valence-electron chi connectivity index (χ3n) is 3.31. The van der Waals surface area contributed by atoms with Crippen molar-refractivity contribution in [2.75, 3.05) is 4.72 Å². The lowest BCUT2D eigenvalue weighted by Crippen LogP contribution is -2.22. The Morgan fingerprint density at radius 3 is 2.32 bits per heavy atom. The molecule has 0 saturated carbocycles. The molecule has 1 unspecified atom stereocenters. The Labute approximate surface area is 130 Å². The summed E-state index contributed by atoms with van der Waals surface area (Å²) in [6.45, 7) is 3.31. The number of hydrogen-bond donors (Lipinski definition) is 2. The van der Waals surface area contributed by atoms with E-state index < -0.39 is 15.6 Å². The van der Waals surface area contributed by atoms with Gasteiger partial charge in [0.1, 0.15) is 5.60 Å². The molecule has 2 rings (SSSR count). The summed E-state index contributed by atoms with van der Waals surface area (Å²) in [5, 5.41) is 10.2. The van der Waals surface area contributed by atoms with E-state index in [1.807, 2.05) is 6.92 Å². The van der Waals surface area contributed by atoms with E-state index in [0.717, 1.165) is 5.56 Å². The van der Waals surface area contributed by atoms with Gasteiger partial charge < -0.3 is 5.11 Å². The average Bonchev–Trinajstić information content (AvgIpc) is 2.47. The number of rotatable bonds is 4. The molecule has 2 N–H and O–H groups in total. The van der Waals surface area contributed by atoms with Gasteiger partial charge in [-0.15, -0.1) is 6.42 Å². The van der Waals surface area contributed by atoms with E-state index in [1.54, 1.807) is 36.4 Å². The number of nitrogens with one attached hydrogen (secondary N) is 1. The van der Waals surface area contributed by atoms with Crippen LogP contribution in [0.2, 0.25) is 0 Å². The Balaban J connectivity index is 2.43. The fourth-order valence-electron chi connectivity index (χ4n) is 2.00. The molecule has 0 heterocycles. The Kier molecular flexibility index (Phi) is 4.27. The van der Waals surface area contributed by atoms with Crippen LogP contribution in [0.25, 0.3) is 0 Å². The number of para-hydroxylation sites is 1. The van der Waals surface area contributed by atoms with Crippen LogP contribution in [0, 0.1) is 19.3 Å². The molecule has 0 amide bonds. The first-order valence-corrected chi connectivity index (χ1v) is 8.14. The highest BCUT2D eigenvalue weighted by Crippen LogP contribution is 2.29. The van der Waals surface area contributed by atoms with Gasteiger partial charge in [-0.2, -0.15) is 0 Å². The lowest BCUT2D eigenvalue weighted by Gasteiger charge is -2.21. The molecule has 0 aliphatic carbocycles. The third kappa shape index (κ3) is 3.30. The van der Waals surface area contributed by atoms with Crippen molar-refractivity contribution in [1.29, 1.82) is 0 Å². The second-order valence-corrected chi connectivity index (χ2v) is 6.86. The van der Waals surface area contributed by atoms with E-state index in [9.17, 15) is 13.5 Å². The minimum absolute atomic E-state index is 0.147. The minimum Gasteiger partial charge on any atom is -0.374 e. The average molecular weight is 315 g/mol. The van der Waals surface area contributed by atoms with Crippen LogP contribution in [0.1, 0.15) is 18.1 Å². The Morgan fingerprint density at radius 1 is 1.14 bits per heavy atom. The maximum absolute atomic E-state index is 12.4. The minimum atomic E-state index is -3.75. The largest absolute Gasteiger partial charge is 0.374 e. The number of sulfonamides is 1. The SMILES string of the molecule is C#CC(C)(O)c1ccccc1NS(=O)(=O)c1ccc(C)cc1. The summed E-state index contributed by atoms with van der Waals surface area (Å²) < 4.78 is 27.4. The Morgan fingerprint density at radius 2 is 1.73 bits per heavy atom. The molecular formula is C17H17NO3S. The first-order valence-electron chi connectivity index (χ1n) is 6.65. The predicted molar refractivity (Wildman–Crippen MR) is 86.8 cm³/mol. The van der Waals surface area contributed by atoms with E-state index in [4.69, 9.17) is 6.42 Å². The molecule has 114 valence electrons.